The SMILES string of the molecule is Cc1cc(C)cc(N2CC(C)(CC(=O)O)OC2=O)c1. The minimum absolute atomic E-state index is 0.194. The van der Waals surface area contributed by atoms with Crippen molar-refractivity contribution < 1.29 is 19.4 Å². The molecule has 1 aromatic carbocycles. The molecule has 1 aliphatic heterocycles. The van der Waals surface area contributed by atoms with Gasteiger partial charge >= 0.3 is 12.1 Å². The van der Waals surface area contributed by atoms with Gasteiger partial charge in [-0.1, -0.05) is 6.07 Å². The fourth-order valence-electron chi connectivity index (χ4n) is 2.41. The molecule has 1 saturated heterocycles. The van der Waals surface area contributed by atoms with Gasteiger partial charge in [0.05, 0.1) is 13.0 Å². The topological polar surface area (TPSA) is 66.8 Å². The zero-order chi connectivity index (χ0) is 14.2. The third-order valence-electron chi connectivity index (χ3n) is 3.09. The number of hydrogen-bond donors (Lipinski definition) is 1. The van der Waals surface area contributed by atoms with Crippen LogP contribution >= 0.6 is 0 Å². The highest BCUT2D eigenvalue weighted by molar-refractivity contribution is 5.91. The molecule has 1 fully saturated rings. The second-order valence-corrected chi connectivity index (χ2v) is 5.32. The minimum atomic E-state index is -0.974. The van der Waals surface area contributed by atoms with Gasteiger partial charge in [0.1, 0.15) is 5.60 Å². The van der Waals surface area contributed by atoms with Crippen molar-refractivity contribution >= 4 is 17.7 Å². The van der Waals surface area contributed by atoms with Crippen LogP contribution in [0.15, 0.2) is 18.2 Å². The number of amides is 1. The van der Waals surface area contributed by atoms with Gasteiger partial charge in [0.25, 0.3) is 0 Å². The monoisotopic (exact) mass is 263 g/mol. The van der Waals surface area contributed by atoms with Crippen LogP contribution in [0.1, 0.15) is 24.5 Å². The Morgan fingerprint density at radius 2 is 1.95 bits per heavy atom. The highest BCUT2D eigenvalue weighted by Crippen LogP contribution is 2.31. The molecule has 1 N–H and O–H groups in total. The van der Waals surface area contributed by atoms with Crippen LogP contribution in [-0.2, 0) is 9.53 Å². The maximum Gasteiger partial charge on any atom is 0.415 e. The predicted molar refractivity (Wildman–Crippen MR) is 70.4 cm³/mol. The van der Waals surface area contributed by atoms with Crippen molar-refractivity contribution in [2.24, 2.45) is 0 Å². The number of hydrogen-bond acceptors (Lipinski definition) is 3. The summed E-state index contributed by atoms with van der Waals surface area (Å²) in [5, 5.41) is 8.86. The molecule has 0 bridgehead atoms. The normalized spacial score (nSPS) is 22.5. The van der Waals surface area contributed by atoms with E-state index >= 15 is 0 Å². The van der Waals surface area contributed by atoms with Gasteiger partial charge in [0.2, 0.25) is 0 Å². The zero-order valence-electron chi connectivity index (χ0n) is 11.3. The molecule has 1 aliphatic rings. The Morgan fingerprint density at radius 3 is 2.47 bits per heavy atom. The van der Waals surface area contributed by atoms with Gasteiger partial charge in [-0.05, 0) is 44.0 Å². The Balaban J connectivity index is 2.27. The summed E-state index contributed by atoms with van der Waals surface area (Å²) < 4.78 is 5.21. The van der Waals surface area contributed by atoms with Crippen molar-refractivity contribution in [1.82, 2.24) is 0 Å². The highest BCUT2D eigenvalue weighted by Gasteiger charge is 2.43. The van der Waals surface area contributed by atoms with E-state index in [9.17, 15) is 9.59 Å². The average molecular weight is 263 g/mol. The number of ether oxygens (including phenoxy) is 1. The number of anilines is 1. The molecule has 1 unspecified atom stereocenters. The van der Waals surface area contributed by atoms with E-state index in [1.54, 1.807) is 6.92 Å². The standard InChI is InChI=1S/C14H17NO4/c1-9-4-10(2)6-11(5-9)15-8-14(3,7-12(16)17)19-13(15)18/h4-6H,7-8H2,1-3H3,(H,16,17). The second kappa shape index (κ2) is 4.57. The van der Waals surface area contributed by atoms with E-state index in [1.807, 2.05) is 32.0 Å². The Bertz CT molecular complexity index is 520. The number of carbonyl (C=O) groups excluding carboxylic acids is 1. The summed E-state index contributed by atoms with van der Waals surface area (Å²) in [6, 6.07) is 5.79. The molecule has 0 aromatic heterocycles. The number of rotatable bonds is 3. The van der Waals surface area contributed by atoms with Crippen molar-refractivity contribution in [3.63, 3.8) is 0 Å². The van der Waals surface area contributed by atoms with Gasteiger partial charge in [0.15, 0.2) is 0 Å². The molecular formula is C14H17NO4. The summed E-state index contributed by atoms with van der Waals surface area (Å²) in [7, 11) is 0. The summed E-state index contributed by atoms with van der Waals surface area (Å²) in [6.45, 7) is 5.80. The van der Waals surface area contributed by atoms with Gasteiger partial charge in [-0.25, -0.2) is 4.79 Å². The third-order valence-corrected chi connectivity index (χ3v) is 3.09. The quantitative estimate of drug-likeness (QED) is 0.909. The summed E-state index contributed by atoms with van der Waals surface area (Å²) in [6.07, 6.45) is -0.686. The first-order chi connectivity index (χ1) is 8.79. The maximum absolute atomic E-state index is 11.9. The van der Waals surface area contributed by atoms with Crippen LogP contribution < -0.4 is 4.90 Å². The van der Waals surface area contributed by atoms with Crippen LogP contribution in [0.25, 0.3) is 0 Å². The maximum atomic E-state index is 11.9. The summed E-state index contributed by atoms with van der Waals surface area (Å²) in [5.41, 5.74) is 1.88. The number of benzene rings is 1. The molecule has 2 rings (SSSR count). The molecule has 0 saturated carbocycles. The number of carboxylic acids is 1. The number of nitrogens with zero attached hydrogens (tertiary/aromatic N) is 1. The zero-order valence-corrected chi connectivity index (χ0v) is 11.3. The van der Waals surface area contributed by atoms with Crippen molar-refractivity contribution in [2.75, 3.05) is 11.4 Å². The molecule has 0 radical (unpaired) electrons. The smallest absolute Gasteiger partial charge is 0.415 e. The highest BCUT2D eigenvalue weighted by atomic mass is 16.6. The lowest BCUT2D eigenvalue weighted by Gasteiger charge is -2.19. The molecule has 1 aromatic rings. The molecule has 102 valence electrons. The Kier molecular flexibility index (Phi) is 3.22. The third kappa shape index (κ3) is 2.86. The van der Waals surface area contributed by atoms with E-state index in [0.29, 0.717) is 0 Å². The van der Waals surface area contributed by atoms with Crippen molar-refractivity contribution in [3.8, 4) is 0 Å². The van der Waals surface area contributed by atoms with E-state index in [-0.39, 0.29) is 13.0 Å². The van der Waals surface area contributed by atoms with Crippen LogP contribution in [0.3, 0.4) is 0 Å². The Hall–Kier alpha value is -2.04. The van der Waals surface area contributed by atoms with Crippen LogP contribution in [0.4, 0.5) is 10.5 Å². The van der Waals surface area contributed by atoms with E-state index in [4.69, 9.17) is 9.84 Å². The van der Waals surface area contributed by atoms with Crippen LogP contribution in [0.2, 0.25) is 0 Å². The fraction of sp³-hybridized carbons (Fsp3) is 0.429. The molecule has 1 atom stereocenters. The van der Waals surface area contributed by atoms with E-state index in [1.165, 1.54) is 4.90 Å². The summed E-state index contributed by atoms with van der Waals surface area (Å²) in [4.78, 5) is 24.2. The van der Waals surface area contributed by atoms with Gasteiger partial charge in [0, 0.05) is 5.69 Å². The molecule has 0 spiro atoms. The average Bonchev–Trinajstić information content (AvgIpc) is 2.51. The van der Waals surface area contributed by atoms with E-state index in [2.05, 4.69) is 0 Å². The van der Waals surface area contributed by atoms with E-state index in [0.717, 1.165) is 16.8 Å². The van der Waals surface area contributed by atoms with Gasteiger partial charge in [-0.2, -0.15) is 0 Å². The molecule has 19 heavy (non-hydrogen) atoms. The van der Waals surface area contributed by atoms with Crippen molar-refractivity contribution in [1.29, 1.82) is 0 Å². The van der Waals surface area contributed by atoms with Gasteiger partial charge < -0.3 is 9.84 Å². The molecule has 0 aliphatic carbocycles. The minimum Gasteiger partial charge on any atom is -0.481 e. The van der Waals surface area contributed by atoms with Crippen LogP contribution in [-0.4, -0.2) is 29.3 Å². The number of carboxylic acid groups (broad SMARTS) is 1. The Labute approximate surface area is 111 Å². The summed E-state index contributed by atoms with van der Waals surface area (Å²) in [5.74, 6) is -0.974. The second-order valence-electron chi connectivity index (χ2n) is 5.32. The largest absolute Gasteiger partial charge is 0.481 e. The number of aryl methyl sites for hydroxylation is 2. The predicted octanol–water partition coefficient (Wildman–Crippen LogP) is 2.49. The fourth-order valence-corrected chi connectivity index (χ4v) is 2.41. The first-order valence-corrected chi connectivity index (χ1v) is 6.10. The van der Waals surface area contributed by atoms with Crippen LogP contribution in [0.5, 0.6) is 0 Å². The van der Waals surface area contributed by atoms with Crippen molar-refractivity contribution in [2.45, 2.75) is 32.8 Å². The van der Waals surface area contributed by atoms with E-state index < -0.39 is 17.7 Å². The molecule has 1 heterocycles. The molecular weight excluding hydrogens is 246 g/mol. The number of cyclic esters (lactones) is 1. The first kappa shape index (κ1) is 13.4. The number of carbonyl (C=O) groups is 2. The lowest BCUT2D eigenvalue weighted by Crippen LogP contribution is -2.33. The van der Waals surface area contributed by atoms with Crippen molar-refractivity contribution in [3.05, 3.63) is 29.3 Å². The van der Waals surface area contributed by atoms with Gasteiger partial charge in [-0.15, -0.1) is 0 Å². The Morgan fingerprint density at radius 1 is 1.37 bits per heavy atom. The van der Waals surface area contributed by atoms with Crippen LogP contribution in [0, 0.1) is 13.8 Å². The number of aliphatic carboxylic acids is 1. The lowest BCUT2D eigenvalue weighted by molar-refractivity contribution is -0.140. The molecule has 1 amide bonds. The molecule has 5 nitrogen and oxygen atoms in total. The lowest BCUT2D eigenvalue weighted by atomic mass is 10.0. The van der Waals surface area contributed by atoms with Gasteiger partial charge in [-0.3, -0.25) is 9.69 Å². The summed E-state index contributed by atoms with van der Waals surface area (Å²) >= 11 is 0. The first-order valence-electron chi connectivity index (χ1n) is 6.10. The molecule has 5 heteroatoms.